The molecular weight excluding hydrogens is 419 g/mol. The third-order valence-electron chi connectivity index (χ3n) is 6.07. The minimum Gasteiger partial charge on any atom is -0.495 e. The van der Waals surface area contributed by atoms with Crippen LogP contribution in [-0.2, 0) is 11.0 Å². The van der Waals surface area contributed by atoms with Gasteiger partial charge in [-0.25, -0.2) is 0 Å². The minimum atomic E-state index is -5.12. The van der Waals surface area contributed by atoms with Gasteiger partial charge in [0.1, 0.15) is 5.75 Å². The molecule has 1 aliphatic rings. The number of benzene rings is 2. The van der Waals surface area contributed by atoms with Crippen LogP contribution < -0.4 is 4.74 Å². The third kappa shape index (κ3) is 2.62. The molecule has 8 heteroatoms. The van der Waals surface area contributed by atoms with Gasteiger partial charge < -0.3 is 19.9 Å². The van der Waals surface area contributed by atoms with E-state index >= 15 is 0 Å². The van der Waals surface area contributed by atoms with E-state index in [1.807, 2.05) is 0 Å². The molecule has 1 heterocycles. The first-order chi connectivity index (χ1) is 13.9. The Labute approximate surface area is 176 Å². The van der Waals surface area contributed by atoms with Gasteiger partial charge in [0.25, 0.3) is 0 Å². The number of hydrogen-bond donors (Lipinski definition) is 3. The van der Waals surface area contributed by atoms with Crippen molar-refractivity contribution in [2.24, 2.45) is 0 Å². The summed E-state index contributed by atoms with van der Waals surface area (Å²) < 4.78 is 48.5. The molecule has 0 saturated carbocycles. The summed E-state index contributed by atoms with van der Waals surface area (Å²) in [5, 5.41) is 23.8. The molecule has 0 aliphatic heterocycles. The Hall–Kier alpha value is -2.22. The first-order valence-electron chi connectivity index (χ1n) is 9.34. The van der Waals surface area contributed by atoms with Crippen LogP contribution in [-0.4, -0.2) is 34.1 Å². The van der Waals surface area contributed by atoms with E-state index in [9.17, 15) is 23.4 Å². The molecule has 1 aromatic heterocycles. The van der Waals surface area contributed by atoms with Crippen molar-refractivity contribution in [1.29, 1.82) is 0 Å². The number of methoxy groups -OCH3 is 1. The monoisotopic (exact) mass is 439 g/mol. The van der Waals surface area contributed by atoms with Gasteiger partial charge >= 0.3 is 6.18 Å². The topological polar surface area (TPSA) is 65.5 Å². The van der Waals surface area contributed by atoms with Gasteiger partial charge in [-0.1, -0.05) is 49.7 Å². The van der Waals surface area contributed by atoms with Crippen molar-refractivity contribution in [3.05, 3.63) is 64.3 Å². The zero-order valence-corrected chi connectivity index (χ0v) is 17.3. The Morgan fingerprint density at radius 2 is 1.77 bits per heavy atom. The van der Waals surface area contributed by atoms with Crippen LogP contribution in [0.4, 0.5) is 13.2 Å². The summed E-state index contributed by atoms with van der Waals surface area (Å²) >= 11 is 6.25. The second-order valence-electron chi connectivity index (χ2n) is 8.40. The van der Waals surface area contributed by atoms with Gasteiger partial charge in [0.15, 0.2) is 11.2 Å². The lowest BCUT2D eigenvalue weighted by molar-refractivity contribution is -0.324. The van der Waals surface area contributed by atoms with Crippen LogP contribution in [0.25, 0.3) is 10.9 Å². The van der Waals surface area contributed by atoms with Crippen LogP contribution in [0.3, 0.4) is 0 Å². The van der Waals surface area contributed by atoms with E-state index in [1.165, 1.54) is 25.3 Å². The SMILES string of the molecule is COc1c(Cl)ccc2c1C(C)(C)CC(O)(C(F)(F)F)C2(O)c1cc2ccccc2[nH]1. The fourth-order valence-electron chi connectivity index (χ4n) is 4.75. The number of halogens is 4. The molecule has 30 heavy (non-hydrogen) atoms. The standard InChI is InChI=1S/C22H21ClF3NO3/c1-19(2)11-20(28,22(24,25)26)21(29,13-8-9-14(23)18(30-3)17(13)19)16-10-12-6-4-5-7-15(12)27-16/h4-10,27-29H,11H2,1-3H3. The summed E-state index contributed by atoms with van der Waals surface area (Å²) in [7, 11) is 1.37. The summed E-state index contributed by atoms with van der Waals surface area (Å²) in [5.41, 5.74) is -6.88. The Bertz CT molecular complexity index is 1110. The molecule has 2 aromatic carbocycles. The number of aromatic nitrogens is 1. The highest BCUT2D eigenvalue weighted by atomic mass is 35.5. The third-order valence-corrected chi connectivity index (χ3v) is 6.36. The lowest BCUT2D eigenvalue weighted by atomic mass is 9.57. The van der Waals surface area contributed by atoms with E-state index in [4.69, 9.17) is 16.3 Å². The van der Waals surface area contributed by atoms with Crippen molar-refractivity contribution in [2.45, 2.75) is 43.1 Å². The summed E-state index contributed by atoms with van der Waals surface area (Å²) in [4.78, 5) is 2.87. The maximum Gasteiger partial charge on any atom is 0.420 e. The van der Waals surface area contributed by atoms with Crippen molar-refractivity contribution < 1.29 is 28.1 Å². The molecular formula is C22H21ClF3NO3. The predicted octanol–water partition coefficient (Wildman–Crippen LogP) is 5.04. The second-order valence-corrected chi connectivity index (χ2v) is 8.81. The van der Waals surface area contributed by atoms with E-state index in [1.54, 1.807) is 38.1 Å². The molecule has 0 amide bonds. The Balaban J connectivity index is 2.15. The Morgan fingerprint density at radius 1 is 1.10 bits per heavy atom. The van der Waals surface area contributed by atoms with Crippen LogP contribution in [0.2, 0.25) is 5.02 Å². The van der Waals surface area contributed by atoms with Crippen LogP contribution in [0, 0.1) is 0 Å². The fourth-order valence-corrected chi connectivity index (χ4v) is 4.99. The number of para-hydroxylation sites is 1. The smallest absolute Gasteiger partial charge is 0.420 e. The van der Waals surface area contributed by atoms with Crippen molar-refractivity contribution in [2.75, 3.05) is 7.11 Å². The number of alkyl halides is 3. The van der Waals surface area contributed by atoms with E-state index in [0.717, 1.165) is 0 Å². The quantitative estimate of drug-likeness (QED) is 0.524. The molecule has 0 radical (unpaired) electrons. The fraction of sp³-hybridized carbons (Fsp3) is 0.364. The molecule has 2 unspecified atom stereocenters. The molecule has 2 atom stereocenters. The van der Waals surface area contributed by atoms with E-state index in [2.05, 4.69) is 4.98 Å². The molecule has 4 nitrogen and oxygen atoms in total. The van der Waals surface area contributed by atoms with Gasteiger partial charge in [0, 0.05) is 16.6 Å². The predicted molar refractivity (Wildman–Crippen MR) is 108 cm³/mol. The first-order valence-corrected chi connectivity index (χ1v) is 9.72. The first kappa shape index (κ1) is 21.0. The van der Waals surface area contributed by atoms with E-state index in [-0.39, 0.29) is 22.0 Å². The van der Waals surface area contributed by atoms with Crippen molar-refractivity contribution in [3.63, 3.8) is 0 Å². The molecule has 160 valence electrons. The summed E-state index contributed by atoms with van der Waals surface area (Å²) in [6.07, 6.45) is -5.92. The number of aliphatic hydroxyl groups is 2. The van der Waals surface area contributed by atoms with Crippen LogP contribution >= 0.6 is 11.6 Å². The number of ether oxygens (including phenoxy) is 1. The molecule has 0 spiro atoms. The van der Waals surface area contributed by atoms with Crippen molar-refractivity contribution in [1.82, 2.24) is 4.98 Å². The number of aromatic amines is 1. The highest BCUT2D eigenvalue weighted by molar-refractivity contribution is 6.32. The zero-order valence-electron chi connectivity index (χ0n) is 16.6. The Morgan fingerprint density at radius 3 is 2.37 bits per heavy atom. The van der Waals surface area contributed by atoms with Crippen LogP contribution in [0.15, 0.2) is 42.5 Å². The molecule has 0 saturated heterocycles. The molecule has 4 rings (SSSR count). The molecule has 3 aromatic rings. The number of H-pyrrole nitrogens is 1. The average molecular weight is 440 g/mol. The Kier molecular flexibility index (Phi) is 4.48. The van der Waals surface area contributed by atoms with Gasteiger partial charge in [-0.05, 0) is 35.4 Å². The molecule has 3 N–H and O–H groups in total. The van der Waals surface area contributed by atoms with Gasteiger partial charge in [0.2, 0.25) is 0 Å². The highest BCUT2D eigenvalue weighted by Gasteiger charge is 2.72. The van der Waals surface area contributed by atoms with Crippen LogP contribution in [0.1, 0.15) is 37.1 Å². The van der Waals surface area contributed by atoms with Crippen molar-refractivity contribution in [3.8, 4) is 5.75 Å². The highest BCUT2D eigenvalue weighted by Crippen LogP contribution is 2.60. The minimum absolute atomic E-state index is 0.105. The van der Waals surface area contributed by atoms with Gasteiger partial charge in [-0.15, -0.1) is 0 Å². The molecule has 1 aliphatic carbocycles. The zero-order chi connectivity index (χ0) is 22.1. The van der Waals surface area contributed by atoms with E-state index in [0.29, 0.717) is 16.5 Å². The van der Waals surface area contributed by atoms with Crippen LogP contribution in [0.5, 0.6) is 5.75 Å². The summed E-state index contributed by atoms with van der Waals surface area (Å²) in [5.74, 6) is 0.179. The maximum atomic E-state index is 14.4. The number of rotatable bonds is 2. The molecule has 0 fully saturated rings. The lowest BCUT2D eigenvalue weighted by Crippen LogP contribution is -2.66. The average Bonchev–Trinajstić information content (AvgIpc) is 3.09. The number of hydrogen-bond acceptors (Lipinski definition) is 3. The molecule has 0 bridgehead atoms. The largest absolute Gasteiger partial charge is 0.495 e. The second kappa shape index (κ2) is 6.39. The summed E-state index contributed by atoms with van der Waals surface area (Å²) in [6.45, 7) is 3.12. The van der Waals surface area contributed by atoms with Crippen molar-refractivity contribution >= 4 is 22.5 Å². The van der Waals surface area contributed by atoms with Gasteiger partial charge in [-0.2, -0.15) is 13.2 Å². The summed E-state index contributed by atoms with van der Waals surface area (Å²) in [6, 6.07) is 11.0. The normalized spacial score (nSPS) is 25.9. The van der Waals surface area contributed by atoms with Gasteiger partial charge in [0.05, 0.1) is 17.8 Å². The van der Waals surface area contributed by atoms with E-state index < -0.39 is 29.2 Å². The number of nitrogens with one attached hydrogen (secondary N) is 1. The lowest BCUT2D eigenvalue weighted by Gasteiger charge is -2.53. The maximum absolute atomic E-state index is 14.4. The number of fused-ring (bicyclic) bond motifs is 2. The van der Waals surface area contributed by atoms with Gasteiger partial charge in [-0.3, -0.25) is 0 Å².